The third kappa shape index (κ3) is 1.50. The van der Waals surface area contributed by atoms with Crippen molar-refractivity contribution in [2.45, 2.75) is 6.61 Å². The van der Waals surface area contributed by atoms with E-state index in [1.165, 1.54) is 6.20 Å². The number of carbonyl (C=O) groups excluding carboxylic acids is 1. The molecule has 0 bridgehead atoms. The van der Waals surface area contributed by atoms with Gasteiger partial charge in [-0.15, -0.1) is 6.42 Å². The van der Waals surface area contributed by atoms with Gasteiger partial charge in [0.2, 0.25) is 0 Å². The average molecular weight is 177 g/mol. The highest BCUT2D eigenvalue weighted by Crippen LogP contribution is 2.21. The third-order valence-electron chi connectivity index (χ3n) is 1.60. The second kappa shape index (κ2) is 3.70. The Balaban J connectivity index is 3.42. The zero-order chi connectivity index (χ0) is 9.84. The van der Waals surface area contributed by atoms with E-state index < -0.39 is 0 Å². The topological polar surface area (TPSA) is 70.4 Å². The van der Waals surface area contributed by atoms with E-state index in [2.05, 4.69) is 10.9 Å². The molecule has 0 aliphatic heterocycles. The van der Waals surface area contributed by atoms with Crippen LogP contribution in [0.25, 0.3) is 0 Å². The summed E-state index contributed by atoms with van der Waals surface area (Å²) in [5.41, 5.74) is 0.247. The fraction of sp³-hybridized carbons (Fsp3) is 0.111. The maximum atomic E-state index is 10.5. The first kappa shape index (κ1) is 9.23. The molecule has 0 radical (unpaired) electrons. The summed E-state index contributed by atoms with van der Waals surface area (Å²) in [4.78, 5) is 14.2. The number of aliphatic hydroxyl groups is 1. The summed E-state index contributed by atoms with van der Waals surface area (Å²) in [5, 5.41) is 18.1. The minimum Gasteiger partial charge on any atom is -0.504 e. The normalized spacial score (nSPS) is 9.23. The van der Waals surface area contributed by atoms with Crippen LogP contribution in [0, 0.1) is 12.3 Å². The highest BCUT2D eigenvalue weighted by Gasteiger charge is 2.10. The maximum absolute atomic E-state index is 10.5. The summed E-state index contributed by atoms with van der Waals surface area (Å²) in [6.45, 7) is -0.362. The van der Waals surface area contributed by atoms with E-state index in [0.717, 1.165) is 0 Å². The van der Waals surface area contributed by atoms with Gasteiger partial charge in [-0.25, -0.2) is 4.98 Å². The standard InChI is InChI=1S/C9H7NO3/c1-2-8-9(13)7(5-12)6(4-11)3-10-8/h1,3,5,11,13H,4H2. The number of aliphatic hydroxyl groups excluding tert-OH is 1. The molecule has 0 unspecified atom stereocenters. The van der Waals surface area contributed by atoms with Crippen molar-refractivity contribution in [1.29, 1.82) is 0 Å². The van der Waals surface area contributed by atoms with Crippen LogP contribution in [0.15, 0.2) is 6.20 Å². The van der Waals surface area contributed by atoms with Crippen LogP contribution in [0.5, 0.6) is 5.75 Å². The Morgan fingerprint density at radius 2 is 2.38 bits per heavy atom. The van der Waals surface area contributed by atoms with E-state index in [1.54, 1.807) is 0 Å². The van der Waals surface area contributed by atoms with Gasteiger partial charge < -0.3 is 10.2 Å². The molecule has 0 spiro atoms. The number of rotatable bonds is 2. The zero-order valence-electron chi connectivity index (χ0n) is 6.69. The molecular weight excluding hydrogens is 170 g/mol. The lowest BCUT2D eigenvalue weighted by atomic mass is 10.1. The molecule has 0 amide bonds. The molecule has 0 aliphatic carbocycles. The second-order valence-electron chi connectivity index (χ2n) is 2.31. The number of hydrogen-bond acceptors (Lipinski definition) is 4. The molecule has 1 aromatic heterocycles. The minimum absolute atomic E-state index is 0.000648. The summed E-state index contributed by atoms with van der Waals surface area (Å²) in [6.07, 6.45) is 6.71. The minimum atomic E-state index is -0.362. The first-order valence-electron chi connectivity index (χ1n) is 3.48. The molecule has 1 rings (SSSR count). The summed E-state index contributed by atoms with van der Waals surface area (Å²) < 4.78 is 0. The predicted molar refractivity (Wildman–Crippen MR) is 45.1 cm³/mol. The molecule has 0 atom stereocenters. The van der Waals surface area contributed by atoms with E-state index in [-0.39, 0.29) is 29.2 Å². The Hall–Kier alpha value is -1.86. The van der Waals surface area contributed by atoms with Gasteiger partial charge in [0.15, 0.2) is 17.7 Å². The lowest BCUT2D eigenvalue weighted by Crippen LogP contribution is -1.97. The van der Waals surface area contributed by atoms with Crippen LogP contribution in [-0.2, 0) is 6.61 Å². The number of carbonyl (C=O) groups is 1. The van der Waals surface area contributed by atoms with Crippen molar-refractivity contribution in [2.24, 2.45) is 0 Å². The van der Waals surface area contributed by atoms with E-state index in [1.807, 2.05) is 0 Å². The first-order chi connectivity index (χ1) is 6.24. The van der Waals surface area contributed by atoms with Crippen molar-refractivity contribution in [3.05, 3.63) is 23.0 Å². The van der Waals surface area contributed by atoms with Gasteiger partial charge in [-0.05, 0) is 5.92 Å². The van der Waals surface area contributed by atoms with E-state index >= 15 is 0 Å². The van der Waals surface area contributed by atoms with E-state index in [4.69, 9.17) is 11.5 Å². The summed E-state index contributed by atoms with van der Waals surface area (Å²) in [7, 11) is 0. The molecule has 1 heterocycles. The number of pyridine rings is 1. The number of aldehydes is 1. The molecule has 13 heavy (non-hydrogen) atoms. The highest BCUT2D eigenvalue weighted by molar-refractivity contribution is 5.82. The van der Waals surface area contributed by atoms with Gasteiger partial charge in [0.25, 0.3) is 0 Å². The SMILES string of the molecule is C#Cc1ncc(CO)c(C=O)c1O. The van der Waals surface area contributed by atoms with Gasteiger partial charge in [-0.2, -0.15) is 0 Å². The number of aromatic hydroxyl groups is 1. The fourth-order valence-corrected chi connectivity index (χ4v) is 0.916. The van der Waals surface area contributed by atoms with E-state index in [9.17, 15) is 9.90 Å². The molecule has 0 saturated heterocycles. The Kier molecular flexibility index (Phi) is 2.62. The molecule has 0 saturated carbocycles. The van der Waals surface area contributed by atoms with Crippen LogP contribution in [0.2, 0.25) is 0 Å². The number of hydrogen-bond donors (Lipinski definition) is 2. The summed E-state index contributed by atoms with van der Waals surface area (Å²) >= 11 is 0. The van der Waals surface area contributed by atoms with E-state index in [0.29, 0.717) is 6.29 Å². The van der Waals surface area contributed by atoms with Gasteiger partial charge in [0, 0.05) is 11.8 Å². The molecule has 2 N–H and O–H groups in total. The Morgan fingerprint density at radius 3 is 2.85 bits per heavy atom. The van der Waals surface area contributed by atoms with Crippen LogP contribution in [0.4, 0.5) is 0 Å². The Morgan fingerprint density at radius 1 is 1.69 bits per heavy atom. The number of aromatic nitrogens is 1. The van der Waals surface area contributed by atoms with Gasteiger partial charge in [-0.3, -0.25) is 4.79 Å². The quantitative estimate of drug-likeness (QED) is 0.495. The maximum Gasteiger partial charge on any atom is 0.160 e. The van der Waals surface area contributed by atoms with Crippen molar-refractivity contribution in [3.8, 4) is 18.1 Å². The van der Waals surface area contributed by atoms with Crippen molar-refractivity contribution >= 4 is 6.29 Å². The summed E-state index contributed by atoms with van der Waals surface area (Å²) in [6, 6.07) is 0. The predicted octanol–water partition coefficient (Wildman–Crippen LogP) is 0.0733. The van der Waals surface area contributed by atoms with Crippen LogP contribution in [-0.4, -0.2) is 21.5 Å². The number of terminal acetylenes is 1. The van der Waals surface area contributed by atoms with Crippen molar-refractivity contribution in [3.63, 3.8) is 0 Å². The lowest BCUT2D eigenvalue weighted by molar-refractivity contribution is 0.111. The highest BCUT2D eigenvalue weighted by atomic mass is 16.3. The van der Waals surface area contributed by atoms with Gasteiger partial charge in [0.05, 0.1) is 12.2 Å². The molecule has 0 aliphatic rings. The number of nitrogens with zero attached hydrogens (tertiary/aromatic N) is 1. The first-order valence-corrected chi connectivity index (χ1v) is 3.48. The summed E-state index contributed by atoms with van der Waals surface area (Å²) in [5.74, 6) is 1.76. The molecule has 4 nitrogen and oxygen atoms in total. The van der Waals surface area contributed by atoms with Crippen LogP contribution >= 0.6 is 0 Å². The average Bonchev–Trinajstić information content (AvgIpc) is 2.17. The van der Waals surface area contributed by atoms with Crippen LogP contribution < -0.4 is 0 Å². The molecule has 4 heteroatoms. The van der Waals surface area contributed by atoms with Gasteiger partial charge in [-0.1, -0.05) is 0 Å². The molecule has 0 aromatic carbocycles. The van der Waals surface area contributed by atoms with Gasteiger partial charge >= 0.3 is 0 Å². The van der Waals surface area contributed by atoms with Crippen molar-refractivity contribution < 1.29 is 15.0 Å². The lowest BCUT2D eigenvalue weighted by Gasteiger charge is -2.03. The third-order valence-corrected chi connectivity index (χ3v) is 1.60. The monoisotopic (exact) mass is 177 g/mol. The Bertz CT molecular complexity index is 379. The molecule has 66 valence electrons. The largest absolute Gasteiger partial charge is 0.504 e. The Labute approximate surface area is 74.9 Å². The van der Waals surface area contributed by atoms with Gasteiger partial charge in [0.1, 0.15) is 0 Å². The molecule has 0 fully saturated rings. The van der Waals surface area contributed by atoms with Crippen molar-refractivity contribution in [1.82, 2.24) is 4.98 Å². The molecule has 1 aromatic rings. The van der Waals surface area contributed by atoms with Crippen LogP contribution in [0.1, 0.15) is 21.6 Å². The fourth-order valence-electron chi connectivity index (χ4n) is 0.916. The second-order valence-corrected chi connectivity index (χ2v) is 2.31. The van der Waals surface area contributed by atoms with Crippen molar-refractivity contribution in [2.75, 3.05) is 0 Å². The zero-order valence-corrected chi connectivity index (χ0v) is 6.69. The van der Waals surface area contributed by atoms with Crippen LogP contribution in [0.3, 0.4) is 0 Å². The smallest absolute Gasteiger partial charge is 0.160 e. The molecular formula is C9H7NO3.